The summed E-state index contributed by atoms with van der Waals surface area (Å²) in [7, 11) is 1.54. The second-order valence-corrected chi connectivity index (χ2v) is 7.66. The number of aliphatic hydroxyl groups excluding tert-OH is 1. The summed E-state index contributed by atoms with van der Waals surface area (Å²) in [6, 6.07) is 13.9. The first-order chi connectivity index (χ1) is 15.5. The molecule has 7 heteroatoms. The number of Topliss-reactive ketones (excluding diaryl/α,β-unsaturated/α-hetero) is 1. The molecule has 0 aliphatic carbocycles. The lowest BCUT2D eigenvalue weighted by molar-refractivity contribution is -0.140. The molecular formula is C25H26N2O5. The third kappa shape index (κ3) is 3.65. The number of aryl methyl sites for hydroxylation is 1. The van der Waals surface area contributed by atoms with Crippen LogP contribution in [0.25, 0.3) is 16.7 Å². The number of ether oxygens (including phenoxy) is 2. The van der Waals surface area contributed by atoms with Crippen molar-refractivity contribution in [3.63, 3.8) is 0 Å². The van der Waals surface area contributed by atoms with Crippen LogP contribution >= 0.6 is 0 Å². The number of nitrogens with zero attached hydrogens (tertiary/aromatic N) is 1. The van der Waals surface area contributed by atoms with Gasteiger partial charge in [-0.3, -0.25) is 9.59 Å². The van der Waals surface area contributed by atoms with Gasteiger partial charge in [-0.15, -0.1) is 0 Å². The number of aromatic nitrogens is 1. The van der Waals surface area contributed by atoms with Gasteiger partial charge in [-0.25, -0.2) is 0 Å². The van der Waals surface area contributed by atoms with E-state index in [-0.39, 0.29) is 24.5 Å². The lowest BCUT2D eigenvalue weighted by Gasteiger charge is -2.25. The van der Waals surface area contributed by atoms with Gasteiger partial charge in [0.2, 0.25) is 0 Å². The molecule has 1 unspecified atom stereocenters. The van der Waals surface area contributed by atoms with Crippen molar-refractivity contribution in [3.05, 3.63) is 70.9 Å². The predicted octanol–water partition coefficient (Wildman–Crippen LogP) is 3.94. The summed E-state index contributed by atoms with van der Waals surface area (Å²) >= 11 is 0. The summed E-state index contributed by atoms with van der Waals surface area (Å²) < 4.78 is 10.7. The van der Waals surface area contributed by atoms with Gasteiger partial charge in [-0.1, -0.05) is 30.3 Å². The maximum absolute atomic E-state index is 13.2. The number of aliphatic hydroxyl groups is 1. The molecule has 1 aliphatic heterocycles. The van der Waals surface area contributed by atoms with Crippen LogP contribution in [0.5, 0.6) is 5.75 Å². The van der Waals surface area contributed by atoms with Crippen LogP contribution in [0.1, 0.15) is 29.8 Å². The molecule has 7 nitrogen and oxygen atoms in total. The zero-order chi connectivity index (χ0) is 22.8. The van der Waals surface area contributed by atoms with E-state index in [2.05, 4.69) is 4.98 Å². The van der Waals surface area contributed by atoms with Crippen molar-refractivity contribution in [2.75, 3.05) is 26.9 Å². The first kappa shape index (κ1) is 21.6. The molecule has 0 bridgehead atoms. The van der Waals surface area contributed by atoms with Gasteiger partial charge in [0.15, 0.2) is 0 Å². The fraction of sp³-hybridized carbons (Fsp3) is 0.280. The highest BCUT2D eigenvalue weighted by Gasteiger charge is 2.47. The zero-order valence-corrected chi connectivity index (χ0v) is 18.3. The van der Waals surface area contributed by atoms with Crippen LogP contribution in [0, 0.1) is 6.92 Å². The molecule has 1 fully saturated rings. The van der Waals surface area contributed by atoms with Crippen LogP contribution in [0.2, 0.25) is 0 Å². The lowest BCUT2D eigenvalue weighted by Crippen LogP contribution is -2.32. The standard InChI is InChI=1S/C25H26N2O5/c1-4-32-17-9-7-8-16(14-17)23(28)21-22(27(12-13-31-3)25(30)24(21)29)20-15(2)26-19-11-6-5-10-18(19)20/h5-11,14,22,26,28H,4,12-13H2,1-3H3/b23-21+. The Balaban J connectivity index is 1.94. The number of para-hydroxylation sites is 1. The van der Waals surface area contributed by atoms with Gasteiger partial charge in [-0.05, 0) is 32.0 Å². The van der Waals surface area contributed by atoms with E-state index in [1.54, 1.807) is 31.4 Å². The van der Waals surface area contributed by atoms with Gasteiger partial charge >= 0.3 is 0 Å². The van der Waals surface area contributed by atoms with E-state index < -0.39 is 17.7 Å². The van der Waals surface area contributed by atoms with Gasteiger partial charge in [0.05, 0.1) is 24.8 Å². The minimum atomic E-state index is -0.739. The maximum Gasteiger partial charge on any atom is 0.295 e. The molecule has 0 spiro atoms. The first-order valence-corrected chi connectivity index (χ1v) is 10.6. The number of carbonyl (C=O) groups is 2. The van der Waals surface area contributed by atoms with E-state index in [0.717, 1.165) is 22.2 Å². The Morgan fingerprint density at radius 1 is 1.16 bits per heavy atom. The number of carbonyl (C=O) groups excluding carboxylic acids is 2. The van der Waals surface area contributed by atoms with Crippen LogP contribution in [0.15, 0.2) is 54.1 Å². The van der Waals surface area contributed by atoms with Gasteiger partial charge in [0, 0.05) is 41.4 Å². The zero-order valence-electron chi connectivity index (χ0n) is 18.3. The van der Waals surface area contributed by atoms with E-state index >= 15 is 0 Å². The minimum Gasteiger partial charge on any atom is -0.507 e. The second-order valence-electron chi connectivity index (χ2n) is 7.66. The largest absolute Gasteiger partial charge is 0.507 e. The van der Waals surface area contributed by atoms with Crippen LogP contribution < -0.4 is 4.74 Å². The predicted molar refractivity (Wildman–Crippen MR) is 122 cm³/mol. The molecule has 0 saturated carbocycles. The average molecular weight is 434 g/mol. The van der Waals surface area contributed by atoms with Crippen LogP contribution in [0.4, 0.5) is 0 Å². The normalized spacial score (nSPS) is 18.0. The van der Waals surface area contributed by atoms with E-state index in [9.17, 15) is 14.7 Å². The van der Waals surface area contributed by atoms with Crippen molar-refractivity contribution >= 4 is 28.4 Å². The Bertz CT molecular complexity index is 1210. The number of amides is 1. The summed E-state index contributed by atoms with van der Waals surface area (Å²) in [5.74, 6) is -1.01. The maximum atomic E-state index is 13.2. The number of hydrogen-bond acceptors (Lipinski definition) is 5. The van der Waals surface area contributed by atoms with Crippen LogP contribution in [0.3, 0.4) is 0 Å². The summed E-state index contributed by atoms with van der Waals surface area (Å²) in [4.78, 5) is 31.0. The molecule has 0 radical (unpaired) electrons. The number of benzene rings is 2. The molecule has 1 atom stereocenters. The Morgan fingerprint density at radius 2 is 1.94 bits per heavy atom. The number of methoxy groups -OCH3 is 1. The van der Waals surface area contributed by atoms with Crippen molar-refractivity contribution in [1.82, 2.24) is 9.88 Å². The van der Waals surface area contributed by atoms with Crippen LogP contribution in [-0.4, -0.2) is 53.5 Å². The topological polar surface area (TPSA) is 91.9 Å². The highest BCUT2D eigenvalue weighted by molar-refractivity contribution is 6.46. The number of hydrogen-bond donors (Lipinski definition) is 2. The monoisotopic (exact) mass is 434 g/mol. The second kappa shape index (κ2) is 8.88. The van der Waals surface area contributed by atoms with Crippen molar-refractivity contribution in [2.24, 2.45) is 0 Å². The van der Waals surface area contributed by atoms with Crippen molar-refractivity contribution in [2.45, 2.75) is 19.9 Å². The third-order valence-corrected chi connectivity index (χ3v) is 5.71. The molecule has 2 N–H and O–H groups in total. The number of likely N-dealkylation sites (tertiary alicyclic amines) is 1. The SMILES string of the molecule is CCOc1cccc(/C(O)=C2\C(=O)C(=O)N(CCOC)C2c2c(C)[nH]c3ccccc23)c1. The van der Waals surface area contributed by atoms with Crippen molar-refractivity contribution in [3.8, 4) is 5.75 Å². The number of nitrogens with one attached hydrogen (secondary N) is 1. The minimum absolute atomic E-state index is 0.0626. The average Bonchev–Trinajstić information content (AvgIpc) is 3.24. The fourth-order valence-corrected chi connectivity index (χ4v) is 4.31. The highest BCUT2D eigenvalue weighted by Crippen LogP contribution is 2.43. The number of H-pyrrole nitrogens is 1. The molecule has 1 amide bonds. The Labute approximate surface area is 186 Å². The van der Waals surface area contributed by atoms with Gasteiger partial charge in [-0.2, -0.15) is 0 Å². The van der Waals surface area contributed by atoms with Gasteiger partial charge < -0.3 is 24.5 Å². The van der Waals surface area contributed by atoms with Crippen LogP contribution in [-0.2, 0) is 14.3 Å². The molecule has 32 heavy (non-hydrogen) atoms. The number of fused-ring (bicyclic) bond motifs is 1. The summed E-state index contributed by atoms with van der Waals surface area (Å²) in [6.07, 6.45) is 0. The van der Waals surface area contributed by atoms with E-state index in [0.29, 0.717) is 17.9 Å². The van der Waals surface area contributed by atoms with E-state index in [1.807, 2.05) is 38.1 Å². The smallest absolute Gasteiger partial charge is 0.295 e. The summed E-state index contributed by atoms with van der Waals surface area (Å²) in [5.41, 5.74) is 3.00. The Kier molecular flexibility index (Phi) is 6.01. The Morgan fingerprint density at radius 3 is 2.69 bits per heavy atom. The Hall–Kier alpha value is -3.58. The molecular weight excluding hydrogens is 408 g/mol. The van der Waals surface area contributed by atoms with Gasteiger partial charge in [0.1, 0.15) is 11.5 Å². The molecule has 4 rings (SSSR count). The quantitative estimate of drug-likeness (QED) is 0.334. The first-order valence-electron chi connectivity index (χ1n) is 10.6. The van der Waals surface area contributed by atoms with Crippen molar-refractivity contribution < 1.29 is 24.2 Å². The van der Waals surface area contributed by atoms with E-state index in [1.165, 1.54) is 4.90 Å². The molecule has 1 aliphatic rings. The molecule has 1 saturated heterocycles. The summed E-state index contributed by atoms with van der Waals surface area (Å²) in [5, 5.41) is 12.2. The van der Waals surface area contributed by atoms with Gasteiger partial charge in [0.25, 0.3) is 11.7 Å². The van der Waals surface area contributed by atoms with E-state index in [4.69, 9.17) is 9.47 Å². The third-order valence-electron chi connectivity index (χ3n) is 5.71. The molecule has 1 aromatic heterocycles. The van der Waals surface area contributed by atoms with Crippen molar-refractivity contribution in [1.29, 1.82) is 0 Å². The molecule has 166 valence electrons. The number of ketones is 1. The molecule has 2 aromatic carbocycles. The molecule has 3 aromatic rings. The summed E-state index contributed by atoms with van der Waals surface area (Å²) in [6.45, 7) is 4.74. The number of rotatable bonds is 7. The highest BCUT2D eigenvalue weighted by atomic mass is 16.5. The number of aromatic amines is 1. The lowest BCUT2D eigenvalue weighted by atomic mass is 9.93. The fourth-order valence-electron chi connectivity index (χ4n) is 4.31. The molecule has 2 heterocycles.